The highest BCUT2D eigenvalue weighted by atomic mass is 35.5. The standard InChI is InChI=1S/C18H18Cl2N6O/c1-10-7-12(19)3-4-13(10)11(2)26-15-5-6-25(9-14(15)22-24-26)16-8-21-23-18(27)17(16)20/h3-4,7-8,11H,5-6,9H2,1-2H3,(H,23,27). The average Bonchev–Trinajstić information content (AvgIpc) is 3.06. The van der Waals surface area contributed by atoms with Crippen molar-refractivity contribution >= 4 is 28.9 Å². The Morgan fingerprint density at radius 3 is 2.89 bits per heavy atom. The summed E-state index contributed by atoms with van der Waals surface area (Å²) in [6.07, 6.45) is 2.32. The van der Waals surface area contributed by atoms with Crippen LogP contribution < -0.4 is 10.5 Å². The van der Waals surface area contributed by atoms with Crippen molar-refractivity contribution in [1.82, 2.24) is 25.2 Å². The van der Waals surface area contributed by atoms with Crippen molar-refractivity contribution in [3.8, 4) is 0 Å². The molecule has 0 radical (unpaired) electrons. The van der Waals surface area contributed by atoms with Crippen LogP contribution in [0.3, 0.4) is 0 Å². The number of halogens is 2. The minimum atomic E-state index is -0.393. The molecule has 0 saturated carbocycles. The van der Waals surface area contributed by atoms with Crippen LogP contribution in [-0.2, 0) is 13.0 Å². The topological polar surface area (TPSA) is 79.7 Å². The van der Waals surface area contributed by atoms with Crippen LogP contribution in [-0.4, -0.2) is 31.7 Å². The molecule has 27 heavy (non-hydrogen) atoms. The normalized spacial score (nSPS) is 14.9. The first kappa shape index (κ1) is 18.0. The first-order valence-electron chi connectivity index (χ1n) is 8.63. The zero-order valence-electron chi connectivity index (χ0n) is 14.9. The Balaban J connectivity index is 1.64. The largest absolute Gasteiger partial charge is 0.362 e. The van der Waals surface area contributed by atoms with Gasteiger partial charge in [0.05, 0.1) is 30.2 Å². The maximum atomic E-state index is 11.7. The molecule has 1 aliphatic heterocycles. The monoisotopic (exact) mass is 404 g/mol. The molecule has 0 fully saturated rings. The fourth-order valence-corrected chi connectivity index (χ4v) is 4.02. The number of aromatic amines is 1. The summed E-state index contributed by atoms with van der Waals surface area (Å²) in [4.78, 5) is 13.7. The SMILES string of the molecule is Cc1cc(Cl)ccc1C(C)n1nnc2c1CCN(c1cn[nH]c(=O)c1Cl)C2. The Hall–Kier alpha value is -2.38. The number of H-pyrrole nitrogens is 1. The first-order chi connectivity index (χ1) is 13.0. The number of hydrogen-bond donors (Lipinski definition) is 1. The number of rotatable bonds is 3. The quantitative estimate of drug-likeness (QED) is 0.724. The number of fused-ring (bicyclic) bond motifs is 1. The number of aromatic nitrogens is 5. The molecule has 0 amide bonds. The van der Waals surface area contributed by atoms with Gasteiger partial charge in [0.2, 0.25) is 0 Å². The van der Waals surface area contributed by atoms with E-state index in [0.717, 1.165) is 34.0 Å². The zero-order chi connectivity index (χ0) is 19.1. The van der Waals surface area contributed by atoms with Gasteiger partial charge in [0.15, 0.2) is 0 Å². The predicted molar refractivity (Wildman–Crippen MR) is 105 cm³/mol. The van der Waals surface area contributed by atoms with Crippen molar-refractivity contribution in [3.63, 3.8) is 0 Å². The maximum Gasteiger partial charge on any atom is 0.285 e. The third-order valence-electron chi connectivity index (χ3n) is 5.00. The van der Waals surface area contributed by atoms with Gasteiger partial charge in [-0.05, 0) is 37.1 Å². The van der Waals surface area contributed by atoms with Crippen LogP contribution in [0.2, 0.25) is 10.0 Å². The molecule has 1 unspecified atom stereocenters. The third kappa shape index (κ3) is 3.21. The number of aryl methyl sites for hydroxylation is 1. The number of anilines is 1. The minimum absolute atomic E-state index is 0.0508. The van der Waals surface area contributed by atoms with Gasteiger partial charge in [-0.1, -0.05) is 34.5 Å². The van der Waals surface area contributed by atoms with Gasteiger partial charge in [-0.25, -0.2) is 9.78 Å². The van der Waals surface area contributed by atoms with Crippen molar-refractivity contribution in [2.45, 2.75) is 32.9 Å². The molecule has 0 bridgehead atoms. The Bertz CT molecular complexity index is 1060. The fourth-order valence-electron chi connectivity index (χ4n) is 3.58. The van der Waals surface area contributed by atoms with E-state index in [1.54, 1.807) is 6.20 Å². The lowest BCUT2D eigenvalue weighted by molar-refractivity contribution is 0.515. The summed E-state index contributed by atoms with van der Waals surface area (Å²) in [7, 11) is 0. The summed E-state index contributed by atoms with van der Waals surface area (Å²) < 4.78 is 1.97. The summed E-state index contributed by atoms with van der Waals surface area (Å²) in [5, 5.41) is 15.8. The van der Waals surface area contributed by atoms with Gasteiger partial charge in [-0.2, -0.15) is 5.10 Å². The molecule has 1 aromatic carbocycles. The molecule has 1 N–H and O–H groups in total. The fraction of sp³-hybridized carbons (Fsp3) is 0.333. The van der Waals surface area contributed by atoms with Crippen LogP contribution in [0.5, 0.6) is 0 Å². The number of nitrogens with one attached hydrogen (secondary N) is 1. The Morgan fingerprint density at radius 1 is 1.30 bits per heavy atom. The summed E-state index contributed by atoms with van der Waals surface area (Å²) in [5.74, 6) is 0. The molecule has 3 heterocycles. The van der Waals surface area contributed by atoms with Gasteiger partial charge in [-0.15, -0.1) is 5.10 Å². The molecule has 9 heteroatoms. The van der Waals surface area contributed by atoms with Crippen molar-refractivity contribution in [3.05, 3.63) is 67.3 Å². The van der Waals surface area contributed by atoms with E-state index in [4.69, 9.17) is 23.2 Å². The first-order valence-corrected chi connectivity index (χ1v) is 9.38. The molecule has 2 aromatic heterocycles. The summed E-state index contributed by atoms with van der Waals surface area (Å²) in [5.41, 5.74) is 4.49. The zero-order valence-corrected chi connectivity index (χ0v) is 16.4. The molecule has 1 aliphatic rings. The molecule has 0 aliphatic carbocycles. The molecule has 0 spiro atoms. The molecule has 0 saturated heterocycles. The highest BCUT2D eigenvalue weighted by Crippen LogP contribution is 2.30. The number of nitrogens with zero attached hydrogens (tertiary/aromatic N) is 5. The van der Waals surface area contributed by atoms with Crippen molar-refractivity contribution in [2.75, 3.05) is 11.4 Å². The van der Waals surface area contributed by atoms with Crippen LogP contribution >= 0.6 is 23.2 Å². The second kappa shape index (κ2) is 6.98. The van der Waals surface area contributed by atoms with Gasteiger partial charge in [-0.3, -0.25) is 4.79 Å². The van der Waals surface area contributed by atoms with Gasteiger partial charge in [0.25, 0.3) is 5.56 Å². The van der Waals surface area contributed by atoms with E-state index >= 15 is 0 Å². The highest BCUT2D eigenvalue weighted by Gasteiger charge is 2.26. The minimum Gasteiger partial charge on any atom is -0.362 e. The third-order valence-corrected chi connectivity index (χ3v) is 5.60. The molecule has 4 rings (SSSR count). The van der Waals surface area contributed by atoms with E-state index in [1.165, 1.54) is 0 Å². The lowest BCUT2D eigenvalue weighted by Gasteiger charge is -2.29. The van der Waals surface area contributed by atoms with Crippen LogP contribution in [0.4, 0.5) is 5.69 Å². The maximum absolute atomic E-state index is 11.7. The van der Waals surface area contributed by atoms with Gasteiger partial charge >= 0.3 is 0 Å². The van der Waals surface area contributed by atoms with Crippen LogP contribution in [0.15, 0.2) is 29.2 Å². The molecular formula is C18H18Cl2N6O. The van der Waals surface area contributed by atoms with E-state index in [1.807, 2.05) is 34.7 Å². The van der Waals surface area contributed by atoms with Gasteiger partial charge in [0, 0.05) is 18.0 Å². The Morgan fingerprint density at radius 2 is 2.11 bits per heavy atom. The lowest BCUT2D eigenvalue weighted by Crippen LogP contribution is -2.33. The average molecular weight is 405 g/mol. The highest BCUT2D eigenvalue weighted by molar-refractivity contribution is 6.33. The summed E-state index contributed by atoms with van der Waals surface area (Å²) in [6.45, 7) is 5.39. The Kier molecular flexibility index (Phi) is 4.65. The molecule has 3 aromatic rings. The van der Waals surface area contributed by atoms with E-state index in [9.17, 15) is 4.79 Å². The van der Waals surface area contributed by atoms with Crippen molar-refractivity contribution in [1.29, 1.82) is 0 Å². The Labute approximate surface area is 165 Å². The van der Waals surface area contributed by atoms with E-state index < -0.39 is 5.56 Å². The second-order valence-corrected chi connectivity index (χ2v) is 7.49. The van der Waals surface area contributed by atoms with Gasteiger partial charge in [0.1, 0.15) is 10.7 Å². The number of hydrogen-bond acceptors (Lipinski definition) is 5. The molecule has 140 valence electrons. The molecular weight excluding hydrogens is 387 g/mol. The summed E-state index contributed by atoms with van der Waals surface area (Å²) in [6, 6.07) is 5.94. The van der Waals surface area contributed by atoms with Crippen LogP contribution in [0.1, 0.15) is 35.5 Å². The molecule has 1 atom stereocenters. The van der Waals surface area contributed by atoms with E-state index in [-0.39, 0.29) is 11.1 Å². The van der Waals surface area contributed by atoms with Gasteiger partial charge < -0.3 is 4.90 Å². The number of benzene rings is 1. The van der Waals surface area contributed by atoms with Crippen LogP contribution in [0.25, 0.3) is 0 Å². The summed E-state index contributed by atoms with van der Waals surface area (Å²) >= 11 is 12.2. The molecule has 7 nitrogen and oxygen atoms in total. The lowest BCUT2D eigenvalue weighted by atomic mass is 10.0. The van der Waals surface area contributed by atoms with Crippen molar-refractivity contribution in [2.24, 2.45) is 0 Å². The van der Waals surface area contributed by atoms with E-state index in [0.29, 0.717) is 18.8 Å². The predicted octanol–water partition coefficient (Wildman–Crippen LogP) is 3.15. The van der Waals surface area contributed by atoms with Crippen LogP contribution in [0, 0.1) is 6.92 Å². The van der Waals surface area contributed by atoms with E-state index in [2.05, 4.69) is 27.4 Å². The second-order valence-electron chi connectivity index (χ2n) is 6.67. The van der Waals surface area contributed by atoms with Crippen molar-refractivity contribution < 1.29 is 0 Å². The smallest absolute Gasteiger partial charge is 0.285 e.